The number of amides is 1. The summed E-state index contributed by atoms with van der Waals surface area (Å²) in [5.41, 5.74) is 8.50. The number of benzene rings is 2. The van der Waals surface area contributed by atoms with E-state index in [2.05, 4.69) is 21.2 Å². The van der Waals surface area contributed by atoms with Crippen LogP contribution in [0.5, 0.6) is 5.75 Å². The van der Waals surface area contributed by atoms with Crippen LogP contribution < -0.4 is 15.8 Å². The number of ketones is 1. The Morgan fingerprint density at radius 1 is 1.18 bits per heavy atom. The molecule has 0 aromatic heterocycles. The van der Waals surface area contributed by atoms with Gasteiger partial charge in [-0.3, -0.25) is 9.59 Å². The first-order chi connectivity index (χ1) is 18.0. The fraction of sp³-hybridized carbons (Fsp3) is 0.345. The van der Waals surface area contributed by atoms with E-state index in [0.29, 0.717) is 41.2 Å². The molecule has 2 aromatic rings. The normalized spacial score (nSPS) is 18.4. The molecule has 1 unspecified atom stereocenters. The lowest BCUT2D eigenvalue weighted by Gasteiger charge is -2.38. The molecule has 38 heavy (non-hydrogen) atoms. The number of esters is 1. The van der Waals surface area contributed by atoms with E-state index in [-0.39, 0.29) is 41.8 Å². The molecular weight excluding hydrogens is 552 g/mol. The van der Waals surface area contributed by atoms with Gasteiger partial charge >= 0.3 is 5.97 Å². The van der Waals surface area contributed by atoms with Gasteiger partial charge in [-0.2, -0.15) is 0 Å². The number of aryl methyl sites for hydroxylation is 1. The number of carbonyl (C=O) groups excluding carboxylic acids is 3. The van der Waals surface area contributed by atoms with Crippen LogP contribution in [0.2, 0.25) is 0 Å². The van der Waals surface area contributed by atoms with E-state index < -0.39 is 11.9 Å². The van der Waals surface area contributed by atoms with E-state index in [9.17, 15) is 14.4 Å². The molecule has 0 radical (unpaired) electrons. The first kappa shape index (κ1) is 27.4. The van der Waals surface area contributed by atoms with Crippen LogP contribution in [0.25, 0.3) is 0 Å². The van der Waals surface area contributed by atoms with Crippen LogP contribution in [-0.4, -0.2) is 30.9 Å². The van der Waals surface area contributed by atoms with Gasteiger partial charge in [0, 0.05) is 34.1 Å². The zero-order chi connectivity index (χ0) is 27.6. The fourth-order valence-corrected chi connectivity index (χ4v) is 5.06. The molecule has 2 aromatic carbocycles. The van der Waals surface area contributed by atoms with Gasteiger partial charge in [-0.05, 0) is 49.1 Å². The van der Waals surface area contributed by atoms with Crippen molar-refractivity contribution in [3.8, 4) is 5.75 Å². The monoisotopic (exact) mass is 582 g/mol. The molecule has 8 nitrogen and oxygen atoms in total. The minimum Gasteiger partial charge on any atom is -0.483 e. The molecule has 3 N–H and O–H groups in total. The molecule has 9 heteroatoms. The molecule has 0 bridgehead atoms. The molecule has 1 amide bonds. The molecule has 1 aliphatic heterocycles. The average Bonchev–Trinajstić information content (AvgIpc) is 2.83. The highest BCUT2D eigenvalue weighted by Gasteiger charge is 2.45. The van der Waals surface area contributed by atoms with Gasteiger partial charge in [0.05, 0.1) is 12.5 Å². The number of ether oxygens (including phenoxy) is 3. The lowest BCUT2D eigenvalue weighted by molar-refractivity contribution is -0.139. The quantitative estimate of drug-likeness (QED) is 0.427. The number of nitrogens with one attached hydrogen (secondary N) is 1. The number of carbonyl (C=O) groups is 3. The van der Waals surface area contributed by atoms with E-state index in [4.69, 9.17) is 19.9 Å². The van der Waals surface area contributed by atoms with Crippen LogP contribution in [0, 0.1) is 12.3 Å². The summed E-state index contributed by atoms with van der Waals surface area (Å²) in [6, 6.07) is 12.5. The van der Waals surface area contributed by atoms with Gasteiger partial charge in [-0.15, -0.1) is 0 Å². The second-order valence-corrected chi connectivity index (χ2v) is 11.0. The highest BCUT2D eigenvalue weighted by atomic mass is 79.9. The molecule has 0 saturated carbocycles. The molecule has 200 valence electrons. The Morgan fingerprint density at radius 2 is 1.92 bits per heavy atom. The van der Waals surface area contributed by atoms with Crippen molar-refractivity contribution in [2.75, 3.05) is 18.5 Å². The van der Waals surface area contributed by atoms with Crippen LogP contribution in [0.15, 0.2) is 69.7 Å². The SMILES string of the molecule is CCOC(=O)C1=C(N)OC2=C(C(=O)CC(C)(C)C2)C1c1ccccc1OCC(=O)Nc1ccc(Br)c(C)c1. The van der Waals surface area contributed by atoms with Gasteiger partial charge < -0.3 is 25.3 Å². The van der Waals surface area contributed by atoms with Crippen molar-refractivity contribution in [2.24, 2.45) is 11.1 Å². The third-order valence-electron chi connectivity index (χ3n) is 6.48. The summed E-state index contributed by atoms with van der Waals surface area (Å²) in [6.07, 6.45) is 0.777. The summed E-state index contributed by atoms with van der Waals surface area (Å²) in [5, 5.41) is 2.82. The third-order valence-corrected chi connectivity index (χ3v) is 7.37. The number of hydrogen-bond donors (Lipinski definition) is 2. The smallest absolute Gasteiger partial charge is 0.340 e. The van der Waals surface area contributed by atoms with Crippen LogP contribution in [0.1, 0.15) is 50.7 Å². The van der Waals surface area contributed by atoms with Gasteiger partial charge in [0.15, 0.2) is 12.4 Å². The van der Waals surface area contributed by atoms with Crippen LogP contribution in [-0.2, 0) is 23.9 Å². The van der Waals surface area contributed by atoms with E-state index in [0.717, 1.165) is 10.0 Å². The Balaban J connectivity index is 1.68. The second-order valence-electron chi connectivity index (χ2n) is 10.1. The average molecular weight is 583 g/mol. The Morgan fingerprint density at radius 3 is 2.63 bits per heavy atom. The minimum atomic E-state index is -0.852. The minimum absolute atomic E-state index is 0.0458. The number of rotatable bonds is 7. The number of anilines is 1. The molecule has 0 fully saturated rings. The summed E-state index contributed by atoms with van der Waals surface area (Å²) < 4.78 is 18.0. The fourth-order valence-electron chi connectivity index (χ4n) is 4.82. The van der Waals surface area contributed by atoms with Gasteiger partial charge in [0.25, 0.3) is 5.91 Å². The van der Waals surface area contributed by atoms with E-state index >= 15 is 0 Å². The maximum atomic E-state index is 13.4. The first-order valence-electron chi connectivity index (χ1n) is 12.4. The van der Waals surface area contributed by atoms with E-state index in [1.54, 1.807) is 37.3 Å². The lowest BCUT2D eigenvalue weighted by atomic mass is 9.70. The number of para-hydroxylation sites is 1. The summed E-state index contributed by atoms with van der Waals surface area (Å²) in [7, 11) is 0. The molecule has 1 aliphatic carbocycles. The zero-order valence-corrected chi connectivity index (χ0v) is 23.4. The molecule has 1 atom stereocenters. The molecular formula is C29H31BrN2O6. The highest BCUT2D eigenvalue weighted by Crippen LogP contribution is 2.49. The molecule has 2 aliphatic rings. The Hall–Kier alpha value is -3.59. The molecule has 1 heterocycles. The maximum Gasteiger partial charge on any atom is 0.340 e. The van der Waals surface area contributed by atoms with Crippen molar-refractivity contribution in [3.05, 3.63) is 80.9 Å². The van der Waals surface area contributed by atoms with E-state index in [1.807, 2.05) is 32.9 Å². The Kier molecular flexibility index (Phi) is 7.97. The van der Waals surface area contributed by atoms with Gasteiger partial charge in [-0.25, -0.2) is 4.79 Å². The van der Waals surface area contributed by atoms with E-state index in [1.165, 1.54) is 0 Å². The van der Waals surface area contributed by atoms with Gasteiger partial charge in [0.2, 0.25) is 5.88 Å². The number of hydrogen-bond acceptors (Lipinski definition) is 7. The number of allylic oxidation sites excluding steroid dienone is 2. The van der Waals surface area contributed by atoms with Gasteiger partial charge in [-0.1, -0.05) is 48.0 Å². The maximum absolute atomic E-state index is 13.4. The van der Waals surface area contributed by atoms with Crippen molar-refractivity contribution in [1.29, 1.82) is 0 Å². The summed E-state index contributed by atoms with van der Waals surface area (Å²) in [5.74, 6) is -1.32. The topological polar surface area (TPSA) is 117 Å². The van der Waals surface area contributed by atoms with Crippen LogP contribution in [0.3, 0.4) is 0 Å². The Bertz CT molecular complexity index is 1360. The summed E-state index contributed by atoms with van der Waals surface area (Å²) in [4.78, 5) is 39.2. The van der Waals surface area contributed by atoms with Crippen LogP contribution >= 0.6 is 15.9 Å². The van der Waals surface area contributed by atoms with Crippen molar-refractivity contribution < 1.29 is 28.6 Å². The number of Topliss-reactive ketones (excluding diaryl/α,β-unsaturated/α-hetero) is 1. The molecule has 4 rings (SSSR count). The van der Waals surface area contributed by atoms with Crippen molar-refractivity contribution in [2.45, 2.75) is 46.5 Å². The first-order valence-corrected chi connectivity index (χ1v) is 13.2. The van der Waals surface area contributed by atoms with Crippen molar-refractivity contribution >= 4 is 39.3 Å². The van der Waals surface area contributed by atoms with Crippen molar-refractivity contribution in [1.82, 2.24) is 0 Å². The predicted octanol–water partition coefficient (Wildman–Crippen LogP) is 5.27. The van der Waals surface area contributed by atoms with Gasteiger partial charge in [0.1, 0.15) is 17.1 Å². The lowest BCUT2D eigenvalue weighted by Crippen LogP contribution is -2.36. The zero-order valence-electron chi connectivity index (χ0n) is 21.9. The third kappa shape index (κ3) is 5.78. The predicted molar refractivity (Wildman–Crippen MR) is 146 cm³/mol. The largest absolute Gasteiger partial charge is 0.483 e. The van der Waals surface area contributed by atoms with Crippen LogP contribution in [0.4, 0.5) is 5.69 Å². The summed E-state index contributed by atoms with van der Waals surface area (Å²) >= 11 is 3.45. The van der Waals surface area contributed by atoms with Crippen molar-refractivity contribution in [3.63, 3.8) is 0 Å². The summed E-state index contributed by atoms with van der Waals surface area (Å²) in [6.45, 7) is 7.43. The Labute approximate surface area is 230 Å². The highest BCUT2D eigenvalue weighted by molar-refractivity contribution is 9.10. The second kappa shape index (κ2) is 11.0. The molecule has 0 saturated heterocycles. The number of halogens is 1. The standard InChI is InChI=1S/C29H31BrN2O6/c1-5-36-28(35)26-24(25-20(33)13-29(3,4)14-22(25)38-27(26)31)18-8-6-7-9-21(18)37-15-23(34)32-17-10-11-19(30)16(2)12-17/h6-12,24H,5,13-15,31H2,1-4H3,(H,32,34). The number of nitrogens with two attached hydrogens (primary N) is 1. The molecule has 0 spiro atoms.